The molecule has 2 aromatic carbocycles. The molecule has 3 aromatic heterocycles. The van der Waals surface area contributed by atoms with Crippen molar-refractivity contribution in [2.45, 2.75) is 25.2 Å². The monoisotopic (exact) mass is 412 g/mol. The van der Waals surface area contributed by atoms with Gasteiger partial charge >= 0.3 is 0 Å². The summed E-state index contributed by atoms with van der Waals surface area (Å²) >= 11 is 1.65. The van der Waals surface area contributed by atoms with E-state index in [2.05, 4.69) is 52.8 Å². The molecule has 0 saturated heterocycles. The highest BCUT2D eigenvalue weighted by atomic mass is 32.1. The maximum absolute atomic E-state index is 13.0. The second-order valence-electron chi connectivity index (χ2n) is 8.06. The van der Waals surface area contributed by atoms with Gasteiger partial charge in [0.15, 0.2) is 0 Å². The SMILES string of the molecule is Cn1cc(-c2cn3c(=O)cc(Cc4cccc5ccccc45)c(C4CC4)c3s2)nn1. The van der Waals surface area contributed by atoms with Gasteiger partial charge in [0.2, 0.25) is 0 Å². The largest absolute Gasteiger partial charge is 0.273 e. The Morgan fingerprint density at radius 2 is 1.90 bits per heavy atom. The lowest BCUT2D eigenvalue weighted by Crippen LogP contribution is -2.14. The van der Waals surface area contributed by atoms with Crippen molar-refractivity contribution in [1.29, 1.82) is 0 Å². The molecule has 5 nitrogen and oxygen atoms in total. The molecule has 0 unspecified atom stereocenters. The number of hydrogen-bond acceptors (Lipinski definition) is 4. The summed E-state index contributed by atoms with van der Waals surface area (Å²) in [6, 6.07) is 16.7. The lowest BCUT2D eigenvalue weighted by Gasteiger charge is -2.12. The minimum atomic E-state index is 0.0241. The molecule has 1 aliphatic rings. The molecule has 6 heteroatoms. The average Bonchev–Trinajstić information content (AvgIpc) is 3.32. The lowest BCUT2D eigenvalue weighted by atomic mass is 9.95. The first-order valence-electron chi connectivity index (χ1n) is 10.2. The molecule has 3 heterocycles. The number of thiazole rings is 1. The minimum Gasteiger partial charge on any atom is -0.273 e. The van der Waals surface area contributed by atoms with Gasteiger partial charge in [-0.15, -0.1) is 16.4 Å². The molecular weight excluding hydrogens is 392 g/mol. The first-order chi connectivity index (χ1) is 14.7. The molecule has 0 N–H and O–H groups in total. The standard InChI is InChI=1S/C24H20N4OS/c1-27-13-20(25-26-27)21-14-28-22(29)12-18(23(16-9-10-16)24(28)30-21)11-17-7-4-6-15-5-2-3-8-19(15)17/h2-8,12-14,16H,9-11H2,1H3. The van der Waals surface area contributed by atoms with E-state index in [-0.39, 0.29) is 5.56 Å². The quantitative estimate of drug-likeness (QED) is 0.427. The van der Waals surface area contributed by atoms with Gasteiger partial charge in [0.1, 0.15) is 10.5 Å². The fourth-order valence-corrected chi connectivity index (χ4v) is 5.54. The van der Waals surface area contributed by atoms with Crippen LogP contribution in [0.4, 0.5) is 0 Å². The number of nitrogens with zero attached hydrogens (tertiary/aromatic N) is 4. The predicted octanol–water partition coefficient (Wildman–Crippen LogP) is 4.78. The summed E-state index contributed by atoms with van der Waals surface area (Å²) in [5.41, 5.74) is 4.59. The maximum Gasteiger partial charge on any atom is 0.256 e. The van der Waals surface area contributed by atoms with Crippen LogP contribution in [0.15, 0.2) is 65.7 Å². The Kier molecular flexibility index (Phi) is 3.89. The summed E-state index contributed by atoms with van der Waals surface area (Å²) < 4.78 is 3.49. The van der Waals surface area contributed by atoms with Gasteiger partial charge < -0.3 is 0 Å². The van der Waals surface area contributed by atoms with Crippen molar-refractivity contribution in [3.63, 3.8) is 0 Å². The third-order valence-electron chi connectivity index (χ3n) is 5.88. The van der Waals surface area contributed by atoms with Crippen LogP contribution in [0.5, 0.6) is 0 Å². The summed E-state index contributed by atoms with van der Waals surface area (Å²) in [6.45, 7) is 0. The van der Waals surface area contributed by atoms with E-state index >= 15 is 0 Å². The predicted molar refractivity (Wildman–Crippen MR) is 120 cm³/mol. The third-order valence-corrected chi connectivity index (χ3v) is 7.03. The Morgan fingerprint density at radius 1 is 1.07 bits per heavy atom. The van der Waals surface area contributed by atoms with Gasteiger partial charge in [0.25, 0.3) is 5.56 Å². The highest BCUT2D eigenvalue weighted by Gasteiger charge is 2.30. The molecule has 6 rings (SSSR count). The second kappa shape index (κ2) is 6.64. The molecule has 148 valence electrons. The van der Waals surface area contributed by atoms with Crippen LogP contribution in [0, 0.1) is 0 Å². The maximum atomic E-state index is 13.0. The molecule has 1 fully saturated rings. The molecule has 0 aliphatic heterocycles. The summed E-state index contributed by atoms with van der Waals surface area (Å²) in [5.74, 6) is 0.541. The number of aromatic nitrogens is 4. The first kappa shape index (κ1) is 17.6. The zero-order valence-electron chi connectivity index (χ0n) is 16.6. The van der Waals surface area contributed by atoms with Gasteiger partial charge in [0.05, 0.1) is 11.1 Å². The number of benzene rings is 2. The summed E-state index contributed by atoms with van der Waals surface area (Å²) in [6.07, 6.45) is 6.96. The Bertz CT molecular complexity index is 1470. The molecule has 0 amide bonds. The zero-order chi connectivity index (χ0) is 20.2. The smallest absolute Gasteiger partial charge is 0.256 e. The van der Waals surface area contributed by atoms with E-state index < -0.39 is 0 Å². The van der Waals surface area contributed by atoms with Gasteiger partial charge in [-0.2, -0.15) is 0 Å². The van der Waals surface area contributed by atoms with Crippen molar-refractivity contribution in [1.82, 2.24) is 19.4 Å². The van der Waals surface area contributed by atoms with E-state index in [1.54, 1.807) is 20.4 Å². The highest BCUT2D eigenvalue weighted by molar-refractivity contribution is 7.20. The summed E-state index contributed by atoms with van der Waals surface area (Å²) in [4.78, 5) is 15.1. The molecule has 0 spiro atoms. The minimum absolute atomic E-state index is 0.0241. The summed E-state index contributed by atoms with van der Waals surface area (Å²) in [7, 11) is 1.86. The molecule has 30 heavy (non-hydrogen) atoms. The van der Waals surface area contributed by atoms with Crippen molar-refractivity contribution < 1.29 is 0 Å². The molecular formula is C24H20N4OS. The Hall–Kier alpha value is -3.25. The van der Waals surface area contributed by atoms with Crippen molar-refractivity contribution in [2.24, 2.45) is 7.05 Å². The second-order valence-corrected chi connectivity index (χ2v) is 9.09. The van der Waals surface area contributed by atoms with Crippen LogP contribution in [-0.4, -0.2) is 19.4 Å². The van der Waals surface area contributed by atoms with Crippen LogP contribution in [-0.2, 0) is 13.5 Å². The average molecular weight is 413 g/mol. The normalized spacial score (nSPS) is 14.0. The van der Waals surface area contributed by atoms with Gasteiger partial charge in [-0.1, -0.05) is 47.7 Å². The Balaban J connectivity index is 1.54. The Morgan fingerprint density at radius 3 is 2.70 bits per heavy atom. The first-order valence-corrected chi connectivity index (χ1v) is 11.0. The molecule has 0 atom stereocenters. The van der Waals surface area contributed by atoms with E-state index in [4.69, 9.17) is 0 Å². The molecule has 0 radical (unpaired) electrons. The Labute approximate surface area is 177 Å². The number of rotatable bonds is 4. The van der Waals surface area contributed by atoms with Gasteiger partial charge in [-0.05, 0) is 52.6 Å². The molecule has 0 bridgehead atoms. The van der Waals surface area contributed by atoms with E-state index in [1.165, 1.54) is 34.7 Å². The van der Waals surface area contributed by atoms with E-state index in [0.29, 0.717) is 5.92 Å². The fraction of sp³-hybridized carbons (Fsp3) is 0.208. The fourth-order valence-electron chi connectivity index (χ4n) is 4.32. The lowest BCUT2D eigenvalue weighted by molar-refractivity contribution is 0.715. The summed E-state index contributed by atoms with van der Waals surface area (Å²) in [5, 5.41) is 10.8. The van der Waals surface area contributed by atoms with E-state index in [0.717, 1.165) is 27.4 Å². The molecule has 5 aromatic rings. The number of pyridine rings is 1. The third kappa shape index (κ3) is 2.87. The van der Waals surface area contributed by atoms with Crippen molar-refractivity contribution in [3.05, 3.63) is 88.0 Å². The van der Waals surface area contributed by atoms with Gasteiger partial charge in [-0.3, -0.25) is 13.9 Å². The van der Waals surface area contributed by atoms with E-state index in [1.807, 2.05) is 25.5 Å². The number of hydrogen-bond donors (Lipinski definition) is 0. The van der Waals surface area contributed by atoms with Crippen LogP contribution < -0.4 is 5.56 Å². The molecule has 1 saturated carbocycles. The van der Waals surface area contributed by atoms with E-state index in [9.17, 15) is 4.79 Å². The van der Waals surface area contributed by atoms with Crippen molar-refractivity contribution in [3.8, 4) is 10.6 Å². The van der Waals surface area contributed by atoms with Crippen molar-refractivity contribution in [2.75, 3.05) is 0 Å². The van der Waals surface area contributed by atoms with Crippen LogP contribution in [0.2, 0.25) is 0 Å². The van der Waals surface area contributed by atoms with Crippen LogP contribution >= 0.6 is 11.3 Å². The van der Waals surface area contributed by atoms with Crippen LogP contribution in [0.3, 0.4) is 0 Å². The molecule has 1 aliphatic carbocycles. The van der Waals surface area contributed by atoms with Crippen LogP contribution in [0.25, 0.3) is 26.2 Å². The highest BCUT2D eigenvalue weighted by Crippen LogP contribution is 2.46. The van der Waals surface area contributed by atoms with Gasteiger partial charge in [-0.25, -0.2) is 0 Å². The van der Waals surface area contributed by atoms with Crippen LogP contribution in [0.1, 0.15) is 35.4 Å². The van der Waals surface area contributed by atoms with Gasteiger partial charge in [0, 0.05) is 19.3 Å². The number of fused-ring (bicyclic) bond motifs is 2. The topological polar surface area (TPSA) is 52.2 Å². The number of aryl methyl sites for hydroxylation is 1. The zero-order valence-corrected chi connectivity index (χ0v) is 17.4. The van der Waals surface area contributed by atoms with Crippen molar-refractivity contribution >= 4 is 26.9 Å².